The second kappa shape index (κ2) is 4.72. The van der Waals surface area contributed by atoms with Crippen LogP contribution in [0.25, 0.3) is 11.0 Å². The van der Waals surface area contributed by atoms with Crippen LogP contribution in [0.15, 0.2) is 18.2 Å². The molecule has 18 heavy (non-hydrogen) atoms. The van der Waals surface area contributed by atoms with Gasteiger partial charge in [0.15, 0.2) is 0 Å². The first-order chi connectivity index (χ1) is 8.47. The topological polar surface area (TPSA) is 62.8 Å². The van der Waals surface area contributed by atoms with E-state index in [1.807, 2.05) is 20.8 Å². The van der Waals surface area contributed by atoms with Gasteiger partial charge in [0.2, 0.25) is 11.6 Å². The Labute approximate surface area is 105 Å². The summed E-state index contributed by atoms with van der Waals surface area (Å²) < 4.78 is 0. The van der Waals surface area contributed by atoms with E-state index in [4.69, 9.17) is 0 Å². The Bertz CT molecular complexity index is 611. The molecule has 1 N–H and O–H groups in total. The van der Waals surface area contributed by atoms with Crippen molar-refractivity contribution in [3.63, 3.8) is 0 Å². The van der Waals surface area contributed by atoms with Crippen molar-refractivity contribution in [2.75, 3.05) is 0 Å². The predicted molar refractivity (Wildman–Crippen MR) is 69.6 cm³/mol. The number of carbonyl (C=O) groups is 2. The van der Waals surface area contributed by atoms with Gasteiger partial charge in [-0.1, -0.05) is 13.8 Å². The third-order valence-corrected chi connectivity index (χ3v) is 2.71. The van der Waals surface area contributed by atoms with E-state index < -0.39 is 5.78 Å². The van der Waals surface area contributed by atoms with Gasteiger partial charge >= 0.3 is 0 Å². The Morgan fingerprint density at radius 2 is 2.06 bits per heavy atom. The SMILES string of the molecule is Cc1nc2ccc(C(=O)C(=O)CC(C)C)cc2[nH]1. The first kappa shape index (κ1) is 12.5. The Balaban J connectivity index is 2.30. The summed E-state index contributed by atoms with van der Waals surface area (Å²) in [6, 6.07) is 5.10. The van der Waals surface area contributed by atoms with Crippen LogP contribution in [0.2, 0.25) is 0 Å². The predicted octanol–water partition coefficient (Wildman–Crippen LogP) is 2.67. The van der Waals surface area contributed by atoms with Crippen molar-refractivity contribution >= 4 is 22.6 Å². The Morgan fingerprint density at radius 1 is 1.33 bits per heavy atom. The summed E-state index contributed by atoms with van der Waals surface area (Å²) in [5.74, 6) is 0.237. The molecule has 1 aromatic heterocycles. The van der Waals surface area contributed by atoms with Gasteiger partial charge in [0.1, 0.15) is 5.82 Å². The molecule has 94 valence electrons. The maximum atomic E-state index is 11.9. The molecule has 0 radical (unpaired) electrons. The first-order valence-electron chi connectivity index (χ1n) is 6.01. The molecule has 0 fully saturated rings. The van der Waals surface area contributed by atoms with E-state index in [9.17, 15) is 9.59 Å². The molecule has 0 bridgehead atoms. The lowest BCUT2D eigenvalue weighted by Crippen LogP contribution is -2.16. The quantitative estimate of drug-likeness (QED) is 0.664. The maximum absolute atomic E-state index is 11.9. The van der Waals surface area contributed by atoms with Gasteiger partial charge in [-0.25, -0.2) is 4.98 Å². The molecule has 4 nitrogen and oxygen atoms in total. The minimum Gasteiger partial charge on any atom is -0.342 e. The zero-order valence-corrected chi connectivity index (χ0v) is 10.8. The number of ketones is 2. The molecule has 0 spiro atoms. The summed E-state index contributed by atoms with van der Waals surface area (Å²) in [6.07, 6.45) is 0.291. The molecular formula is C14H16N2O2. The highest BCUT2D eigenvalue weighted by Crippen LogP contribution is 2.15. The zero-order valence-electron chi connectivity index (χ0n) is 10.8. The number of Topliss-reactive ketones (excluding diaryl/α,β-unsaturated/α-hetero) is 2. The number of nitrogens with one attached hydrogen (secondary N) is 1. The largest absolute Gasteiger partial charge is 0.342 e. The van der Waals surface area contributed by atoms with Gasteiger partial charge in [0, 0.05) is 12.0 Å². The Hall–Kier alpha value is -1.97. The molecule has 0 amide bonds. The smallest absolute Gasteiger partial charge is 0.228 e. The van der Waals surface area contributed by atoms with E-state index in [1.54, 1.807) is 18.2 Å². The number of rotatable bonds is 4. The van der Waals surface area contributed by atoms with Crippen LogP contribution < -0.4 is 0 Å². The number of fused-ring (bicyclic) bond motifs is 1. The van der Waals surface area contributed by atoms with Crippen molar-refractivity contribution in [3.05, 3.63) is 29.6 Å². The fourth-order valence-electron chi connectivity index (χ4n) is 1.90. The standard InChI is InChI=1S/C14H16N2O2/c1-8(2)6-13(17)14(18)10-4-5-11-12(7-10)16-9(3)15-11/h4-5,7-8H,6H2,1-3H3,(H,15,16). The van der Waals surface area contributed by atoms with Crippen LogP contribution in [0.4, 0.5) is 0 Å². The number of carbonyl (C=O) groups excluding carboxylic acids is 2. The number of nitrogens with zero attached hydrogens (tertiary/aromatic N) is 1. The first-order valence-corrected chi connectivity index (χ1v) is 6.01. The van der Waals surface area contributed by atoms with Crippen LogP contribution in [0.3, 0.4) is 0 Å². The summed E-state index contributed by atoms with van der Waals surface area (Å²) >= 11 is 0. The fourth-order valence-corrected chi connectivity index (χ4v) is 1.90. The average molecular weight is 244 g/mol. The number of benzene rings is 1. The van der Waals surface area contributed by atoms with E-state index in [0.717, 1.165) is 16.9 Å². The van der Waals surface area contributed by atoms with Crippen LogP contribution in [0.5, 0.6) is 0 Å². The van der Waals surface area contributed by atoms with Gasteiger partial charge in [-0.15, -0.1) is 0 Å². The number of aromatic amines is 1. The van der Waals surface area contributed by atoms with E-state index in [2.05, 4.69) is 9.97 Å². The van der Waals surface area contributed by atoms with E-state index >= 15 is 0 Å². The molecule has 4 heteroatoms. The minimum atomic E-state index is -0.419. The van der Waals surface area contributed by atoms with Crippen molar-refractivity contribution in [3.8, 4) is 0 Å². The van der Waals surface area contributed by atoms with E-state index in [1.165, 1.54) is 0 Å². The van der Waals surface area contributed by atoms with Gasteiger partial charge < -0.3 is 4.98 Å². The molecule has 0 saturated carbocycles. The van der Waals surface area contributed by atoms with Crippen LogP contribution in [-0.4, -0.2) is 21.5 Å². The summed E-state index contributed by atoms with van der Waals surface area (Å²) in [5.41, 5.74) is 2.02. The van der Waals surface area contributed by atoms with Gasteiger partial charge in [-0.05, 0) is 31.0 Å². The monoisotopic (exact) mass is 244 g/mol. The number of imidazole rings is 1. The Morgan fingerprint density at radius 3 is 2.72 bits per heavy atom. The maximum Gasteiger partial charge on any atom is 0.228 e. The number of H-pyrrole nitrogens is 1. The molecule has 1 heterocycles. The van der Waals surface area contributed by atoms with Crippen molar-refractivity contribution in [2.45, 2.75) is 27.2 Å². The normalized spacial score (nSPS) is 11.1. The van der Waals surface area contributed by atoms with Gasteiger partial charge in [0.05, 0.1) is 11.0 Å². The summed E-state index contributed by atoms with van der Waals surface area (Å²) in [4.78, 5) is 31.0. The van der Waals surface area contributed by atoms with Crippen molar-refractivity contribution in [1.82, 2.24) is 9.97 Å². The molecular weight excluding hydrogens is 228 g/mol. The van der Waals surface area contributed by atoms with Crippen LogP contribution in [0, 0.1) is 12.8 Å². The summed E-state index contributed by atoms with van der Waals surface area (Å²) in [5, 5.41) is 0. The highest BCUT2D eigenvalue weighted by molar-refractivity contribution is 6.43. The van der Waals surface area contributed by atoms with Gasteiger partial charge in [-0.3, -0.25) is 9.59 Å². The van der Waals surface area contributed by atoms with Crippen LogP contribution in [0.1, 0.15) is 36.5 Å². The zero-order chi connectivity index (χ0) is 13.3. The summed E-state index contributed by atoms with van der Waals surface area (Å²) in [6.45, 7) is 5.70. The molecule has 2 aromatic rings. The third-order valence-electron chi connectivity index (χ3n) is 2.71. The highest BCUT2D eigenvalue weighted by atomic mass is 16.2. The number of aryl methyl sites for hydroxylation is 1. The third kappa shape index (κ3) is 2.47. The molecule has 0 aliphatic carbocycles. The second-order valence-corrected chi connectivity index (χ2v) is 4.90. The molecule has 0 aliphatic rings. The lowest BCUT2D eigenvalue weighted by Gasteiger charge is -2.03. The lowest BCUT2D eigenvalue weighted by molar-refractivity contribution is -0.115. The lowest BCUT2D eigenvalue weighted by atomic mass is 10.00. The highest BCUT2D eigenvalue weighted by Gasteiger charge is 2.17. The molecule has 0 saturated heterocycles. The van der Waals surface area contributed by atoms with Gasteiger partial charge in [-0.2, -0.15) is 0 Å². The summed E-state index contributed by atoms with van der Waals surface area (Å²) in [7, 11) is 0. The minimum absolute atomic E-state index is 0.194. The van der Waals surface area contributed by atoms with E-state index in [-0.39, 0.29) is 11.7 Å². The average Bonchev–Trinajstić information content (AvgIpc) is 2.65. The number of aromatic nitrogens is 2. The van der Waals surface area contributed by atoms with Crippen molar-refractivity contribution in [1.29, 1.82) is 0 Å². The molecule has 2 rings (SSSR count). The second-order valence-electron chi connectivity index (χ2n) is 4.90. The van der Waals surface area contributed by atoms with Gasteiger partial charge in [0.25, 0.3) is 0 Å². The fraction of sp³-hybridized carbons (Fsp3) is 0.357. The Kier molecular flexibility index (Phi) is 3.28. The van der Waals surface area contributed by atoms with Crippen molar-refractivity contribution in [2.24, 2.45) is 5.92 Å². The molecule has 1 aromatic carbocycles. The molecule has 0 unspecified atom stereocenters. The van der Waals surface area contributed by atoms with E-state index in [0.29, 0.717) is 12.0 Å². The van der Waals surface area contributed by atoms with Crippen LogP contribution in [-0.2, 0) is 4.79 Å². The molecule has 0 atom stereocenters. The van der Waals surface area contributed by atoms with Crippen molar-refractivity contribution < 1.29 is 9.59 Å². The number of hydrogen-bond donors (Lipinski definition) is 1. The molecule has 0 aliphatic heterocycles. The number of hydrogen-bond acceptors (Lipinski definition) is 3. The van der Waals surface area contributed by atoms with Crippen LogP contribution >= 0.6 is 0 Å².